The topological polar surface area (TPSA) is 54.0 Å². The Kier molecular flexibility index (Phi) is 5.49. The molecule has 0 saturated carbocycles. The Labute approximate surface area is 156 Å². The van der Waals surface area contributed by atoms with Crippen LogP contribution in [0.3, 0.4) is 0 Å². The Bertz CT molecular complexity index is 946. The van der Waals surface area contributed by atoms with Crippen LogP contribution in [0.25, 0.3) is 0 Å². The summed E-state index contributed by atoms with van der Waals surface area (Å²) in [5, 5.41) is 5.96. The van der Waals surface area contributed by atoms with E-state index in [1.807, 2.05) is 31.2 Å². The maximum Gasteiger partial charge on any atom is 0.270 e. The van der Waals surface area contributed by atoms with Gasteiger partial charge in [0, 0.05) is 24.1 Å². The first-order valence-corrected chi connectivity index (χ1v) is 8.41. The van der Waals surface area contributed by atoms with Crippen molar-refractivity contribution in [2.24, 2.45) is 0 Å². The van der Waals surface area contributed by atoms with Crippen molar-refractivity contribution in [3.63, 3.8) is 0 Å². The monoisotopic (exact) mass is 369 g/mol. The Morgan fingerprint density at radius 1 is 1.12 bits per heavy atom. The Hall–Kier alpha value is -2.92. The number of nitrogens with zero attached hydrogens (tertiary/aromatic N) is 1. The number of pyridine rings is 1. The van der Waals surface area contributed by atoms with Crippen LogP contribution >= 0.6 is 11.6 Å². The second kappa shape index (κ2) is 7.97. The lowest BCUT2D eigenvalue weighted by Crippen LogP contribution is -2.23. The van der Waals surface area contributed by atoms with Crippen LogP contribution in [-0.2, 0) is 6.54 Å². The molecule has 0 radical (unpaired) electrons. The molecule has 3 aromatic rings. The van der Waals surface area contributed by atoms with Gasteiger partial charge in [0.25, 0.3) is 5.91 Å². The Morgan fingerprint density at radius 3 is 2.69 bits per heavy atom. The molecule has 0 aliphatic carbocycles. The van der Waals surface area contributed by atoms with E-state index in [1.54, 1.807) is 18.2 Å². The van der Waals surface area contributed by atoms with Crippen molar-refractivity contribution < 1.29 is 9.18 Å². The molecule has 0 aliphatic rings. The molecule has 0 atom stereocenters. The molecule has 0 fully saturated rings. The summed E-state index contributed by atoms with van der Waals surface area (Å²) >= 11 is 5.78. The summed E-state index contributed by atoms with van der Waals surface area (Å²) in [5.41, 5.74) is 3.72. The van der Waals surface area contributed by atoms with E-state index < -0.39 is 5.82 Å². The number of carbonyl (C=O) groups excluding carboxylic acids is 1. The molecule has 26 heavy (non-hydrogen) atoms. The second-order valence-electron chi connectivity index (χ2n) is 5.86. The number of carbonyl (C=O) groups is 1. The summed E-state index contributed by atoms with van der Waals surface area (Å²) in [4.78, 5) is 16.4. The average Bonchev–Trinajstić information content (AvgIpc) is 2.63. The number of aryl methyl sites for hydroxylation is 1. The number of hydrogen-bond donors (Lipinski definition) is 2. The number of anilines is 2. The summed E-state index contributed by atoms with van der Waals surface area (Å²) in [5.74, 6) is -0.754. The predicted octanol–water partition coefficient (Wildman–Crippen LogP) is 4.86. The Balaban J connectivity index is 1.67. The number of rotatable bonds is 5. The molecule has 0 spiro atoms. The molecule has 0 bridgehead atoms. The number of aromatic nitrogens is 1. The first-order chi connectivity index (χ1) is 12.5. The van der Waals surface area contributed by atoms with Crippen LogP contribution in [-0.4, -0.2) is 10.9 Å². The standard InChI is InChI=1S/C20H17ClFN3O/c1-13-3-2-4-14(9-13)12-24-20(26)19-11-16(7-8-23-19)25-15-5-6-18(22)17(21)10-15/h2-11H,12H2,1H3,(H,23,25)(H,24,26). The third-order valence-electron chi connectivity index (χ3n) is 3.74. The highest BCUT2D eigenvalue weighted by atomic mass is 35.5. The quantitative estimate of drug-likeness (QED) is 0.675. The fraction of sp³-hybridized carbons (Fsp3) is 0.100. The normalized spacial score (nSPS) is 10.4. The van der Waals surface area contributed by atoms with Gasteiger partial charge in [-0.1, -0.05) is 41.4 Å². The van der Waals surface area contributed by atoms with E-state index in [2.05, 4.69) is 15.6 Å². The van der Waals surface area contributed by atoms with Gasteiger partial charge in [-0.3, -0.25) is 9.78 Å². The van der Waals surface area contributed by atoms with E-state index in [4.69, 9.17) is 11.6 Å². The van der Waals surface area contributed by atoms with E-state index in [0.29, 0.717) is 17.9 Å². The highest BCUT2D eigenvalue weighted by Crippen LogP contribution is 2.22. The molecule has 1 heterocycles. The van der Waals surface area contributed by atoms with Crippen molar-refractivity contribution in [2.45, 2.75) is 13.5 Å². The molecule has 0 aliphatic heterocycles. The molecule has 0 saturated heterocycles. The summed E-state index contributed by atoms with van der Waals surface area (Å²) < 4.78 is 13.2. The zero-order valence-corrected chi connectivity index (χ0v) is 14.8. The predicted molar refractivity (Wildman–Crippen MR) is 101 cm³/mol. The molecule has 4 nitrogen and oxygen atoms in total. The van der Waals surface area contributed by atoms with E-state index >= 15 is 0 Å². The van der Waals surface area contributed by atoms with Crippen LogP contribution in [0, 0.1) is 12.7 Å². The van der Waals surface area contributed by atoms with Gasteiger partial charge in [-0.15, -0.1) is 0 Å². The van der Waals surface area contributed by atoms with Crippen LogP contribution in [0.15, 0.2) is 60.8 Å². The van der Waals surface area contributed by atoms with E-state index in [0.717, 1.165) is 11.1 Å². The summed E-state index contributed by atoms with van der Waals surface area (Å²) in [6, 6.07) is 15.6. The third kappa shape index (κ3) is 4.58. The molecular weight excluding hydrogens is 353 g/mol. The highest BCUT2D eigenvalue weighted by Gasteiger charge is 2.09. The lowest BCUT2D eigenvalue weighted by Gasteiger charge is -2.09. The van der Waals surface area contributed by atoms with Gasteiger partial charge in [-0.2, -0.15) is 0 Å². The first-order valence-electron chi connectivity index (χ1n) is 8.03. The molecule has 2 N–H and O–H groups in total. The second-order valence-corrected chi connectivity index (χ2v) is 6.26. The fourth-order valence-corrected chi connectivity index (χ4v) is 2.65. The number of halogens is 2. The first kappa shape index (κ1) is 17.9. The minimum Gasteiger partial charge on any atom is -0.355 e. The van der Waals surface area contributed by atoms with E-state index in [-0.39, 0.29) is 16.6 Å². The van der Waals surface area contributed by atoms with Crippen LogP contribution in [0.2, 0.25) is 5.02 Å². The van der Waals surface area contributed by atoms with Gasteiger partial charge in [0.15, 0.2) is 0 Å². The van der Waals surface area contributed by atoms with Gasteiger partial charge in [0.05, 0.1) is 5.02 Å². The lowest BCUT2D eigenvalue weighted by molar-refractivity contribution is 0.0946. The molecule has 1 aromatic heterocycles. The van der Waals surface area contributed by atoms with Crippen molar-refractivity contribution in [1.29, 1.82) is 0 Å². The van der Waals surface area contributed by atoms with Gasteiger partial charge in [0.1, 0.15) is 11.5 Å². The molecular formula is C20H17ClFN3O. The van der Waals surface area contributed by atoms with E-state index in [1.165, 1.54) is 18.3 Å². The third-order valence-corrected chi connectivity index (χ3v) is 4.03. The van der Waals surface area contributed by atoms with Crippen molar-refractivity contribution >= 4 is 28.9 Å². The van der Waals surface area contributed by atoms with Crippen LogP contribution in [0.4, 0.5) is 15.8 Å². The van der Waals surface area contributed by atoms with Crippen molar-refractivity contribution in [2.75, 3.05) is 5.32 Å². The molecule has 2 aromatic carbocycles. The highest BCUT2D eigenvalue weighted by molar-refractivity contribution is 6.31. The molecule has 6 heteroatoms. The minimum atomic E-state index is -0.483. The zero-order chi connectivity index (χ0) is 18.5. The fourth-order valence-electron chi connectivity index (χ4n) is 2.47. The lowest BCUT2D eigenvalue weighted by atomic mass is 10.1. The maximum absolute atomic E-state index is 13.2. The molecule has 132 valence electrons. The number of amides is 1. The molecule has 1 amide bonds. The number of benzene rings is 2. The molecule has 0 unspecified atom stereocenters. The summed E-state index contributed by atoms with van der Waals surface area (Å²) in [7, 11) is 0. The van der Waals surface area contributed by atoms with Crippen LogP contribution < -0.4 is 10.6 Å². The van der Waals surface area contributed by atoms with Gasteiger partial charge >= 0.3 is 0 Å². The number of nitrogens with one attached hydrogen (secondary N) is 2. The van der Waals surface area contributed by atoms with Gasteiger partial charge in [0.2, 0.25) is 0 Å². The smallest absolute Gasteiger partial charge is 0.270 e. The van der Waals surface area contributed by atoms with Crippen LogP contribution in [0.5, 0.6) is 0 Å². The maximum atomic E-state index is 13.2. The average molecular weight is 370 g/mol. The van der Waals surface area contributed by atoms with Crippen LogP contribution in [0.1, 0.15) is 21.6 Å². The SMILES string of the molecule is Cc1cccc(CNC(=O)c2cc(Nc3ccc(F)c(Cl)c3)ccn2)c1. The Morgan fingerprint density at radius 2 is 1.92 bits per heavy atom. The summed E-state index contributed by atoms with van der Waals surface area (Å²) in [6.45, 7) is 2.43. The van der Waals surface area contributed by atoms with E-state index in [9.17, 15) is 9.18 Å². The minimum absolute atomic E-state index is 0.0279. The van der Waals surface area contributed by atoms with Gasteiger partial charge < -0.3 is 10.6 Å². The van der Waals surface area contributed by atoms with Crippen molar-refractivity contribution in [3.05, 3.63) is 88.5 Å². The zero-order valence-electron chi connectivity index (χ0n) is 14.1. The summed E-state index contributed by atoms with van der Waals surface area (Å²) in [6.07, 6.45) is 1.54. The van der Waals surface area contributed by atoms with Crippen molar-refractivity contribution in [1.82, 2.24) is 10.3 Å². The van der Waals surface area contributed by atoms with Crippen molar-refractivity contribution in [3.8, 4) is 0 Å². The van der Waals surface area contributed by atoms with Gasteiger partial charge in [-0.05, 0) is 42.8 Å². The number of hydrogen-bond acceptors (Lipinski definition) is 3. The van der Waals surface area contributed by atoms with Gasteiger partial charge in [-0.25, -0.2) is 4.39 Å². The largest absolute Gasteiger partial charge is 0.355 e. The molecule has 3 rings (SSSR count).